The van der Waals surface area contributed by atoms with Crippen molar-refractivity contribution in [1.29, 1.82) is 0 Å². The molecule has 1 N–H and O–H groups in total. The van der Waals surface area contributed by atoms with Gasteiger partial charge < -0.3 is 10.2 Å². The largest absolute Gasteiger partial charge is 0.370 e. The summed E-state index contributed by atoms with van der Waals surface area (Å²) in [5, 5.41) is 3.54. The SMILES string of the molecule is CC1CCCN(c2ccc(CNC(C)(C)C)cc2Br)C1. The lowest BCUT2D eigenvalue weighted by atomic mass is 9.99. The van der Waals surface area contributed by atoms with Crippen LogP contribution < -0.4 is 10.2 Å². The maximum atomic E-state index is 3.75. The number of halogens is 1. The molecule has 0 amide bonds. The van der Waals surface area contributed by atoms with Crippen molar-refractivity contribution in [2.45, 2.75) is 52.6 Å². The molecule has 20 heavy (non-hydrogen) atoms. The number of anilines is 1. The van der Waals surface area contributed by atoms with Crippen LogP contribution in [0.15, 0.2) is 22.7 Å². The molecule has 1 aliphatic heterocycles. The molecule has 0 saturated carbocycles. The minimum absolute atomic E-state index is 0.160. The molecule has 1 atom stereocenters. The molecule has 1 aliphatic rings. The Morgan fingerprint density at radius 2 is 2.10 bits per heavy atom. The van der Waals surface area contributed by atoms with Crippen molar-refractivity contribution >= 4 is 21.6 Å². The van der Waals surface area contributed by atoms with Gasteiger partial charge in [-0.25, -0.2) is 0 Å². The molecule has 1 fully saturated rings. The van der Waals surface area contributed by atoms with Crippen LogP contribution in [0.1, 0.15) is 46.1 Å². The molecule has 1 unspecified atom stereocenters. The molecule has 3 heteroatoms. The van der Waals surface area contributed by atoms with Crippen LogP contribution in [0, 0.1) is 5.92 Å². The predicted octanol–water partition coefficient (Wildman–Crippen LogP) is 4.57. The summed E-state index contributed by atoms with van der Waals surface area (Å²) in [6.45, 7) is 12.2. The van der Waals surface area contributed by atoms with Crippen molar-refractivity contribution in [2.75, 3.05) is 18.0 Å². The highest BCUT2D eigenvalue weighted by atomic mass is 79.9. The first kappa shape index (κ1) is 15.8. The molecule has 0 radical (unpaired) electrons. The van der Waals surface area contributed by atoms with Crippen molar-refractivity contribution in [3.8, 4) is 0 Å². The molecular weight excluding hydrogens is 312 g/mol. The minimum Gasteiger partial charge on any atom is -0.370 e. The second-order valence-electron chi connectivity index (χ2n) is 7.08. The van der Waals surface area contributed by atoms with Gasteiger partial charge in [0.05, 0.1) is 5.69 Å². The maximum absolute atomic E-state index is 3.75. The third kappa shape index (κ3) is 4.49. The topological polar surface area (TPSA) is 15.3 Å². The van der Waals surface area contributed by atoms with E-state index in [2.05, 4.69) is 72.0 Å². The van der Waals surface area contributed by atoms with Gasteiger partial charge in [0, 0.05) is 29.6 Å². The Kier molecular flexibility index (Phi) is 5.14. The average Bonchev–Trinajstić information content (AvgIpc) is 2.35. The second-order valence-corrected chi connectivity index (χ2v) is 7.94. The van der Waals surface area contributed by atoms with Gasteiger partial charge in [0.1, 0.15) is 0 Å². The van der Waals surface area contributed by atoms with E-state index in [1.807, 2.05) is 0 Å². The number of hydrogen-bond donors (Lipinski definition) is 1. The van der Waals surface area contributed by atoms with Crippen LogP contribution in [-0.2, 0) is 6.54 Å². The molecule has 2 nitrogen and oxygen atoms in total. The highest BCUT2D eigenvalue weighted by Gasteiger charge is 2.18. The fourth-order valence-electron chi connectivity index (χ4n) is 2.69. The molecule has 0 bridgehead atoms. The Morgan fingerprint density at radius 3 is 2.70 bits per heavy atom. The van der Waals surface area contributed by atoms with Crippen LogP contribution in [0.2, 0.25) is 0 Å². The fraction of sp³-hybridized carbons (Fsp3) is 0.647. The molecule has 112 valence electrons. The quantitative estimate of drug-likeness (QED) is 0.868. The van der Waals surface area contributed by atoms with Crippen LogP contribution >= 0.6 is 15.9 Å². The van der Waals surface area contributed by atoms with E-state index in [-0.39, 0.29) is 5.54 Å². The van der Waals surface area contributed by atoms with E-state index >= 15 is 0 Å². The van der Waals surface area contributed by atoms with Gasteiger partial charge in [0.2, 0.25) is 0 Å². The first-order valence-electron chi connectivity index (χ1n) is 7.63. The lowest BCUT2D eigenvalue weighted by Crippen LogP contribution is -2.35. The number of benzene rings is 1. The summed E-state index contributed by atoms with van der Waals surface area (Å²) < 4.78 is 1.22. The van der Waals surface area contributed by atoms with E-state index in [4.69, 9.17) is 0 Å². The molecule has 0 aromatic heterocycles. The van der Waals surface area contributed by atoms with Gasteiger partial charge in [-0.05, 0) is 73.2 Å². The van der Waals surface area contributed by atoms with Crippen molar-refractivity contribution < 1.29 is 0 Å². The summed E-state index contributed by atoms with van der Waals surface area (Å²) in [5.74, 6) is 0.804. The maximum Gasteiger partial charge on any atom is 0.0510 e. The third-order valence-electron chi connectivity index (χ3n) is 3.83. The van der Waals surface area contributed by atoms with Crippen LogP contribution in [0.3, 0.4) is 0 Å². The zero-order chi connectivity index (χ0) is 14.8. The lowest BCUT2D eigenvalue weighted by Gasteiger charge is -2.33. The normalized spacial score (nSPS) is 20.2. The Bertz CT molecular complexity index is 451. The van der Waals surface area contributed by atoms with E-state index in [9.17, 15) is 0 Å². The summed E-state index contributed by atoms with van der Waals surface area (Å²) in [4.78, 5) is 2.51. The highest BCUT2D eigenvalue weighted by Crippen LogP contribution is 2.30. The van der Waals surface area contributed by atoms with Gasteiger partial charge in [0.15, 0.2) is 0 Å². The van der Waals surface area contributed by atoms with Crippen LogP contribution in [0.4, 0.5) is 5.69 Å². The van der Waals surface area contributed by atoms with Gasteiger partial charge in [-0.2, -0.15) is 0 Å². The summed E-state index contributed by atoms with van der Waals surface area (Å²) in [7, 11) is 0. The molecule has 1 saturated heterocycles. The van der Waals surface area contributed by atoms with Crippen molar-refractivity contribution in [1.82, 2.24) is 5.32 Å². The zero-order valence-electron chi connectivity index (χ0n) is 13.2. The second kappa shape index (κ2) is 6.48. The van der Waals surface area contributed by atoms with Crippen LogP contribution in [-0.4, -0.2) is 18.6 Å². The molecule has 1 aromatic carbocycles. The lowest BCUT2D eigenvalue weighted by molar-refractivity contribution is 0.424. The van der Waals surface area contributed by atoms with Gasteiger partial charge >= 0.3 is 0 Å². The predicted molar refractivity (Wildman–Crippen MR) is 91.3 cm³/mol. The Labute approximate surface area is 132 Å². The molecule has 1 aromatic rings. The fourth-order valence-corrected chi connectivity index (χ4v) is 3.37. The van der Waals surface area contributed by atoms with E-state index in [0.717, 1.165) is 12.5 Å². The average molecular weight is 339 g/mol. The van der Waals surface area contributed by atoms with E-state index in [0.29, 0.717) is 0 Å². The Balaban J connectivity index is 2.05. The van der Waals surface area contributed by atoms with Crippen molar-refractivity contribution in [3.05, 3.63) is 28.2 Å². The molecule has 0 spiro atoms. The molecular formula is C17H27BrN2. The van der Waals surface area contributed by atoms with E-state index in [1.165, 1.54) is 41.7 Å². The summed E-state index contributed by atoms with van der Waals surface area (Å²) >= 11 is 3.75. The number of nitrogens with zero attached hydrogens (tertiary/aromatic N) is 1. The smallest absolute Gasteiger partial charge is 0.0510 e. The van der Waals surface area contributed by atoms with Gasteiger partial charge in [0.25, 0.3) is 0 Å². The standard InChI is InChI=1S/C17H27BrN2/c1-13-6-5-9-20(12-13)16-8-7-14(10-15(16)18)11-19-17(2,3)4/h7-8,10,13,19H,5-6,9,11-12H2,1-4H3. The van der Waals surface area contributed by atoms with Gasteiger partial charge in [-0.15, -0.1) is 0 Å². The summed E-state index contributed by atoms with van der Waals surface area (Å²) in [5.41, 5.74) is 2.84. The third-order valence-corrected chi connectivity index (χ3v) is 4.47. The summed E-state index contributed by atoms with van der Waals surface area (Å²) in [6.07, 6.45) is 2.67. The van der Waals surface area contributed by atoms with Crippen molar-refractivity contribution in [2.24, 2.45) is 5.92 Å². The van der Waals surface area contributed by atoms with Crippen molar-refractivity contribution in [3.63, 3.8) is 0 Å². The first-order chi connectivity index (χ1) is 9.35. The van der Waals surface area contributed by atoms with E-state index in [1.54, 1.807) is 0 Å². The Hall–Kier alpha value is -0.540. The molecule has 1 heterocycles. The van der Waals surface area contributed by atoms with E-state index < -0.39 is 0 Å². The van der Waals surface area contributed by atoms with Gasteiger partial charge in [-0.3, -0.25) is 0 Å². The first-order valence-corrected chi connectivity index (χ1v) is 8.43. The monoisotopic (exact) mass is 338 g/mol. The number of rotatable bonds is 3. The van der Waals surface area contributed by atoms with Crippen LogP contribution in [0.25, 0.3) is 0 Å². The zero-order valence-corrected chi connectivity index (χ0v) is 14.8. The number of hydrogen-bond acceptors (Lipinski definition) is 2. The highest BCUT2D eigenvalue weighted by molar-refractivity contribution is 9.10. The van der Waals surface area contributed by atoms with Gasteiger partial charge in [-0.1, -0.05) is 13.0 Å². The molecule has 0 aliphatic carbocycles. The molecule has 2 rings (SSSR count). The summed E-state index contributed by atoms with van der Waals surface area (Å²) in [6, 6.07) is 6.77. The number of piperidine rings is 1. The Morgan fingerprint density at radius 1 is 1.35 bits per heavy atom. The van der Waals surface area contributed by atoms with Crippen LogP contribution in [0.5, 0.6) is 0 Å². The number of nitrogens with one attached hydrogen (secondary N) is 1. The minimum atomic E-state index is 0.160.